The van der Waals surface area contributed by atoms with E-state index in [1.54, 1.807) is 19.1 Å². The topological polar surface area (TPSA) is 92.3 Å². The third kappa shape index (κ3) is 4.12. The molecule has 2 heterocycles. The molecule has 0 unspecified atom stereocenters. The molecule has 4 rings (SSSR count). The Morgan fingerprint density at radius 1 is 1.37 bits per heavy atom. The molecule has 0 radical (unpaired) electrons. The van der Waals surface area contributed by atoms with Gasteiger partial charge >= 0.3 is 0 Å². The lowest BCUT2D eigenvalue weighted by atomic mass is 10.1. The van der Waals surface area contributed by atoms with Crippen molar-refractivity contribution in [1.82, 2.24) is 10.2 Å². The predicted molar refractivity (Wildman–Crippen MR) is 109 cm³/mol. The lowest BCUT2D eigenvalue weighted by molar-refractivity contribution is 0.102. The van der Waals surface area contributed by atoms with Crippen molar-refractivity contribution in [2.45, 2.75) is 36.6 Å². The third-order valence-electron chi connectivity index (χ3n) is 4.59. The predicted octanol–water partition coefficient (Wildman–Crippen LogP) is 2.80. The minimum Gasteiger partial charge on any atom is -0.357 e. The summed E-state index contributed by atoms with van der Waals surface area (Å²) in [4.78, 5) is 12.5. The number of Topliss-reactive ketones (excluding diaryl/α,β-unsaturated/α-hetero) is 1. The number of rotatable bonds is 8. The number of nitrogens with one attached hydrogen (secondary N) is 1. The lowest BCUT2D eigenvalue weighted by Gasteiger charge is -2.18. The normalized spacial score (nSPS) is 16.4. The van der Waals surface area contributed by atoms with E-state index in [9.17, 15) is 13.2 Å². The molecule has 1 aliphatic heterocycles. The van der Waals surface area contributed by atoms with Gasteiger partial charge in [-0.05, 0) is 49.9 Å². The summed E-state index contributed by atoms with van der Waals surface area (Å²) in [7, 11) is -3.27. The number of carbonyl (C=O) groups excluding carboxylic acids is 1. The molecular weight excluding hydrogens is 404 g/mol. The Balaban J connectivity index is 1.40. The van der Waals surface area contributed by atoms with Crippen LogP contribution < -0.4 is 9.62 Å². The number of ketones is 1. The zero-order chi connectivity index (χ0) is 19.0. The first-order valence-corrected chi connectivity index (χ1v) is 12.3. The molecule has 0 atom stereocenters. The number of sulfonamides is 1. The molecule has 2 aromatic rings. The SMILES string of the molecule is CCS(=O)(=O)N1CCc2cc(C(=O)CSc3nnc(NC4CC4)s3)ccc21. The van der Waals surface area contributed by atoms with Crippen molar-refractivity contribution in [3.8, 4) is 0 Å². The Bertz CT molecular complexity index is 970. The van der Waals surface area contributed by atoms with Crippen LogP contribution >= 0.6 is 23.1 Å². The number of hydrogen-bond donors (Lipinski definition) is 1. The van der Waals surface area contributed by atoms with Gasteiger partial charge in [-0.15, -0.1) is 10.2 Å². The average Bonchev–Trinajstić information content (AvgIpc) is 3.18. The molecule has 1 fully saturated rings. The highest BCUT2D eigenvalue weighted by Crippen LogP contribution is 2.33. The van der Waals surface area contributed by atoms with Gasteiger partial charge in [-0.3, -0.25) is 9.10 Å². The maximum Gasteiger partial charge on any atom is 0.234 e. The van der Waals surface area contributed by atoms with Gasteiger partial charge in [0.2, 0.25) is 15.2 Å². The minimum atomic E-state index is -3.27. The first-order valence-electron chi connectivity index (χ1n) is 8.85. The number of carbonyl (C=O) groups is 1. The number of anilines is 2. The fraction of sp³-hybridized carbons (Fsp3) is 0.471. The van der Waals surface area contributed by atoms with Gasteiger partial charge in [0.25, 0.3) is 0 Å². The van der Waals surface area contributed by atoms with Gasteiger partial charge in [0.15, 0.2) is 10.1 Å². The molecule has 10 heteroatoms. The Kier molecular flexibility index (Phi) is 5.13. The highest BCUT2D eigenvalue weighted by molar-refractivity contribution is 8.01. The standard InChI is InChI=1S/C17H20N4O3S3/c1-2-27(23,24)21-8-7-11-9-12(3-6-14(11)21)15(22)10-25-17-20-19-16(26-17)18-13-4-5-13/h3,6,9,13H,2,4-5,7-8,10H2,1H3,(H,18,19). The molecule has 1 saturated carbocycles. The molecule has 1 aliphatic carbocycles. The van der Waals surface area contributed by atoms with E-state index in [1.165, 1.54) is 40.2 Å². The van der Waals surface area contributed by atoms with Gasteiger partial charge in [0.1, 0.15) is 0 Å². The summed E-state index contributed by atoms with van der Waals surface area (Å²) in [6, 6.07) is 5.81. The summed E-state index contributed by atoms with van der Waals surface area (Å²) in [5, 5.41) is 12.3. The van der Waals surface area contributed by atoms with Crippen LogP contribution in [-0.2, 0) is 16.4 Å². The fourth-order valence-corrected chi connectivity index (χ4v) is 5.81. The summed E-state index contributed by atoms with van der Waals surface area (Å²) in [6.07, 6.45) is 2.99. The summed E-state index contributed by atoms with van der Waals surface area (Å²) in [5.41, 5.74) is 2.22. The Labute approximate surface area is 166 Å². The van der Waals surface area contributed by atoms with Gasteiger partial charge in [0, 0.05) is 18.2 Å². The van der Waals surface area contributed by atoms with Crippen LogP contribution in [0.5, 0.6) is 0 Å². The van der Waals surface area contributed by atoms with E-state index in [2.05, 4.69) is 15.5 Å². The van der Waals surface area contributed by atoms with Crippen LogP contribution in [0.2, 0.25) is 0 Å². The van der Waals surface area contributed by atoms with Crippen LogP contribution in [0.4, 0.5) is 10.8 Å². The Morgan fingerprint density at radius 3 is 2.93 bits per heavy atom. The molecule has 27 heavy (non-hydrogen) atoms. The van der Waals surface area contributed by atoms with Crippen molar-refractivity contribution in [3.05, 3.63) is 29.3 Å². The third-order valence-corrected chi connectivity index (χ3v) is 8.36. The molecule has 0 saturated heterocycles. The summed E-state index contributed by atoms with van der Waals surface area (Å²) in [6.45, 7) is 2.08. The average molecular weight is 425 g/mol. The van der Waals surface area contributed by atoms with Crippen molar-refractivity contribution in [2.24, 2.45) is 0 Å². The van der Waals surface area contributed by atoms with E-state index in [0.717, 1.165) is 15.0 Å². The smallest absolute Gasteiger partial charge is 0.234 e. The van der Waals surface area contributed by atoms with Crippen LogP contribution in [-0.4, -0.2) is 48.5 Å². The maximum atomic E-state index is 12.5. The lowest BCUT2D eigenvalue weighted by Crippen LogP contribution is -2.30. The molecule has 0 bridgehead atoms. The molecule has 1 aromatic carbocycles. The van der Waals surface area contributed by atoms with Gasteiger partial charge in [-0.25, -0.2) is 8.42 Å². The van der Waals surface area contributed by atoms with E-state index < -0.39 is 10.0 Å². The summed E-state index contributed by atoms with van der Waals surface area (Å²) in [5.74, 6) is 0.364. The van der Waals surface area contributed by atoms with Crippen LogP contribution in [0.25, 0.3) is 0 Å². The van der Waals surface area contributed by atoms with E-state index in [-0.39, 0.29) is 17.3 Å². The molecule has 144 valence electrons. The molecule has 0 amide bonds. The van der Waals surface area contributed by atoms with E-state index >= 15 is 0 Å². The molecule has 1 aromatic heterocycles. The van der Waals surface area contributed by atoms with E-state index in [4.69, 9.17) is 0 Å². The van der Waals surface area contributed by atoms with Crippen LogP contribution in [0.3, 0.4) is 0 Å². The van der Waals surface area contributed by atoms with E-state index in [1.807, 2.05) is 6.07 Å². The largest absolute Gasteiger partial charge is 0.357 e. The molecule has 0 spiro atoms. The molecule has 7 nitrogen and oxygen atoms in total. The quantitative estimate of drug-likeness (QED) is 0.514. The zero-order valence-corrected chi connectivity index (χ0v) is 17.3. The second kappa shape index (κ2) is 7.40. The van der Waals surface area contributed by atoms with Gasteiger partial charge in [-0.2, -0.15) is 0 Å². The molecule has 1 N–H and O–H groups in total. The van der Waals surface area contributed by atoms with Crippen molar-refractivity contribution >= 4 is 49.7 Å². The molecule has 2 aliphatic rings. The first kappa shape index (κ1) is 18.7. The maximum absolute atomic E-state index is 12.5. The second-order valence-corrected chi connectivity index (χ2v) is 11.0. The molecular formula is C17H20N4O3S3. The van der Waals surface area contributed by atoms with Crippen molar-refractivity contribution in [3.63, 3.8) is 0 Å². The van der Waals surface area contributed by atoms with Crippen molar-refractivity contribution in [2.75, 3.05) is 27.7 Å². The highest BCUT2D eigenvalue weighted by atomic mass is 32.2. The van der Waals surface area contributed by atoms with Crippen LogP contribution in [0, 0.1) is 0 Å². The fourth-order valence-electron chi connectivity index (χ4n) is 2.93. The van der Waals surface area contributed by atoms with E-state index in [0.29, 0.717) is 30.3 Å². The summed E-state index contributed by atoms with van der Waals surface area (Å²) < 4.78 is 26.5. The minimum absolute atomic E-state index is 0.00602. The number of fused-ring (bicyclic) bond motifs is 1. The zero-order valence-electron chi connectivity index (χ0n) is 14.8. The number of hydrogen-bond acceptors (Lipinski definition) is 8. The van der Waals surface area contributed by atoms with Crippen LogP contribution in [0.1, 0.15) is 35.7 Å². The van der Waals surface area contributed by atoms with Gasteiger partial charge in [-0.1, -0.05) is 23.1 Å². The highest BCUT2D eigenvalue weighted by Gasteiger charge is 2.28. The summed E-state index contributed by atoms with van der Waals surface area (Å²) >= 11 is 2.85. The van der Waals surface area contributed by atoms with Crippen LogP contribution in [0.15, 0.2) is 22.5 Å². The van der Waals surface area contributed by atoms with Crippen molar-refractivity contribution < 1.29 is 13.2 Å². The second-order valence-electron chi connectivity index (χ2n) is 6.57. The first-order chi connectivity index (χ1) is 13.0. The Hall–Kier alpha value is -1.65. The number of aromatic nitrogens is 2. The van der Waals surface area contributed by atoms with Gasteiger partial charge < -0.3 is 5.32 Å². The number of benzene rings is 1. The van der Waals surface area contributed by atoms with Crippen molar-refractivity contribution in [1.29, 1.82) is 0 Å². The van der Waals surface area contributed by atoms with Gasteiger partial charge in [0.05, 0.1) is 17.2 Å². The number of nitrogens with zero attached hydrogens (tertiary/aromatic N) is 3. The monoisotopic (exact) mass is 424 g/mol. The Morgan fingerprint density at radius 2 is 2.19 bits per heavy atom. The number of thioether (sulfide) groups is 1.